The molecule has 0 amide bonds. The van der Waals surface area contributed by atoms with Crippen LogP contribution in [0.15, 0.2) is 0 Å². The maximum absolute atomic E-state index is 6.18. The van der Waals surface area contributed by atoms with Gasteiger partial charge in [0.2, 0.25) is 0 Å². The van der Waals surface area contributed by atoms with E-state index >= 15 is 0 Å². The van der Waals surface area contributed by atoms with Crippen molar-refractivity contribution < 1.29 is 0 Å². The van der Waals surface area contributed by atoms with Crippen LogP contribution in [-0.4, -0.2) is 30.7 Å². The molecule has 3 N–H and O–H groups in total. The summed E-state index contributed by atoms with van der Waals surface area (Å²) in [6, 6.07) is 0.541. The number of rotatable bonds is 4. The van der Waals surface area contributed by atoms with Crippen molar-refractivity contribution >= 4 is 0 Å². The van der Waals surface area contributed by atoms with Crippen molar-refractivity contribution in [2.75, 3.05) is 19.6 Å². The van der Waals surface area contributed by atoms with Crippen molar-refractivity contribution in [2.24, 2.45) is 28.9 Å². The SMILES string of the molecule is NCC(NN1CCCC1)C12CC3CC(CC(C3)C1)C2. The molecule has 4 aliphatic carbocycles. The van der Waals surface area contributed by atoms with E-state index in [4.69, 9.17) is 5.73 Å². The Balaban J connectivity index is 1.51. The van der Waals surface area contributed by atoms with Crippen LogP contribution in [0.4, 0.5) is 0 Å². The zero-order valence-electron chi connectivity index (χ0n) is 12.1. The summed E-state index contributed by atoms with van der Waals surface area (Å²) in [7, 11) is 0. The molecule has 1 atom stereocenters. The van der Waals surface area contributed by atoms with E-state index in [1.807, 2.05) is 0 Å². The minimum atomic E-state index is 0.541. The maximum atomic E-state index is 6.18. The van der Waals surface area contributed by atoms with Gasteiger partial charge in [0.05, 0.1) is 0 Å². The molecule has 0 spiro atoms. The van der Waals surface area contributed by atoms with Crippen LogP contribution in [0.1, 0.15) is 51.4 Å². The van der Waals surface area contributed by atoms with Gasteiger partial charge in [0.15, 0.2) is 0 Å². The number of hydrogen-bond acceptors (Lipinski definition) is 3. The van der Waals surface area contributed by atoms with Gasteiger partial charge in [-0.3, -0.25) is 5.43 Å². The van der Waals surface area contributed by atoms with Crippen molar-refractivity contribution in [1.29, 1.82) is 0 Å². The van der Waals surface area contributed by atoms with E-state index in [9.17, 15) is 0 Å². The lowest BCUT2D eigenvalue weighted by atomic mass is 9.48. The first-order valence-electron chi connectivity index (χ1n) is 8.48. The largest absolute Gasteiger partial charge is 0.329 e. The zero-order valence-corrected chi connectivity index (χ0v) is 12.1. The average Bonchev–Trinajstić information content (AvgIpc) is 2.87. The Hall–Kier alpha value is -0.120. The van der Waals surface area contributed by atoms with E-state index in [1.165, 1.54) is 64.5 Å². The standard InChI is InChI=1S/C16H29N3/c17-11-15(18-19-3-1-2-4-19)16-8-12-5-13(9-16)7-14(6-12)10-16/h12-15,18H,1-11,17H2. The van der Waals surface area contributed by atoms with Gasteiger partial charge in [-0.15, -0.1) is 0 Å². The van der Waals surface area contributed by atoms with Gasteiger partial charge < -0.3 is 5.73 Å². The van der Waals surface area contributed by atoms with Crippen LogP contribution in [0.3, 0.4) is 0 Å². The summed E-state index contributed by atoms with van der Waals surface area (Å²) in [6.07, 6.45) is 11.7. The fourth-order valence-corrected chi connectivity index (χ4v) is 6.11. The van der Waals surface area contributed by atoms with Gasteiger partial charge in [0, 0.05) is 25.7 Å². The van der Waals surface area contributed by atoms with Crippen LogP contribution in [-0.2, 0) is 0 Å². The second-order valence-electron chi connectivity index (χ2n) is 7.89. The molecule has 5 fully saturated rings. The molecule has 4 saturated carbocycles. The fourth-order valence-electron chi connectivity index (χ4n) is 6.11. The second kappa shape index (κ2) is 4.71. The van der Waals surface area contributed by atoms with E-state index in [0.717, 1.165) is 24.3 Å². The quantitative estimate of drug-likeness (QED) is 0.816. The molecular weight excluding hydrogens is 234 g/mol. The van der Waals surface area contributed by atoms with Gasteiger partial charge in [0.25, 0.3) is 0 Å². The van der Waals surface area contributed by atoms with Crippen molar-refractivity contribution in [2.45, 2.75) is 57.4 Å². The number of nitrogens with two attached hydrogens (primary N) is 1. The molecule has 3 heteroatoms. The first kappa shape index (κ1) is 12.6. The highest BCUT2D eigenvalue weighted by Gasteiger charge is 2.54. The number of hydrazine groups is 1. The van der Waals surface area contributed by atoms with Gasteiger partial charge in [-0.2, -0.15) is 0 Å². The first-order valence-corrected chi connectivity index (χ1v) is 8.48. The normalized spacial score (nSPS) is 46.9. The van der Waals surface area contributed by atoms with Crippen molar-refractivity contribution in [3.8, 4) is 0 Å². The van der Waals surface area contributed by atoms with E-state index in [-0.39, 0.29) is 0 Å². The zero-order chi connectivity index (χ0) is 12.9. The topological polar surface area (TPSA) is 41.3 Å². The van der Waals surface area contributed by atoms with Gasteiger partial charge in [-0.1, -0.05) is 0 Å². The Morgan fingerprint density at radius 1 is 1.00 bits per heavy atom. The number of nitrogens with zero attached hydrogens (tertiary/aromatic N) is 1. The molecule has 0 aromatic carbocycles. The van der Waals surface area contributed by atoms with E-state index in [0.29, 0.717) is 11.5 Å². The van der Waals surface area contributed by atoms with Crippen LogP contribution in [0, 0.1) is 23.2 Å². The van der Waals surface area contributed by atoms with Gasteiger partial charge in [-0.05, 0) is 74.5 Å². The summed E-state index contributed by atoms with van der Waals surface area (Å²) in [4.78, 5) is 0. The monoisotopic (exact) mass is 263 g/mol. The average molecular weight is 263 g/mol. The van der Waals surface area contributed by atoms with Crippen LogP contribution in [0.2, 0.25) is 0 Å². The number of hydrogen-bond donors (Lipinski definition) is 2. The minimum Gasteiger partial charge on any atom is -0.329 e. The summed E-state index contributed by atoms with van der Waals surface area (Å²) in [5, 5.41) is 2.45. The third kappa shape index (κ3) is 2.14. The molecule has 108 valence electrons. The molecule has 0 radical (unpaired) electrons. The molecule has 1 aliphatic heterocycles. The predicted octanol–water partition coefficient (Wildman–Crippen LogP) is 2.13. The highest BCUT2D eigenvalue weighted by molar-refractivity contribution is 5.06. The molecule has 3 nitrogen and oxygen atoms in total. The molecule has 1 saturated heterocycles. The summed E-state index contributed by atoms with van der Waals surface area (Å²) >= 11 is 0. The van der Waals surface area contributed by atoms with Gasteiger partial charge >= 0.3 is 0 Å². The van der Waals surface area contributed by atoms with E-state index < -0.39 is 0 Å². The Kier molecular flexibility index (Phi) is 3.13. The summed E-state index contributed by atoms with van der Waals surface area (Å²) < 4.78 is 0. The lowest BCUT2D eigenvalue weighted by Crippen LogP contribution is -2.61. The Labute approximate surface area is 117 Å². The lowest BCUT2D eigenvalue weighted by Gasteiger charge is -2.59. The van der Waals surface area contributed by atoms with Crippen LogP contribution >= 0.6 is 0 Å². The Bertz CT molecular complexity index is 300. The van der Waals surface area contributed by atoms with Crippen molar-refractivity contribution in [3.05, 3.63) is 0 Å². The third-order valence-corrected chi connectivity index (χ3v) is 6.50. The molecule has 19 heavy (non-hydrogen) atoms. The molecule has 1 unspecified atom stereocenters. The highest BCUT2D eigenvalue weighted by Crippen LogP contribution is 2.61. The first-order chi connectivity index (χ1) is 9.27. The van der Waals surface area contributed by atoms with Gasteiger partial charge in [-0.25, -0.2) is 5.01 Å². The summed E-state index contributed by atoms with van der Waals surface area (Å²) in [5.41, 5.74) is 10.6. The van der Waals surface area contributed by atoms with Crippen LogP contribution < -0.4 is 11.2 Å². The molecule has 0 aromatic heterocycles. The highest BCUT2D eigenvalue weighted by atomic mass is 15.5. The van der Waals surface area contributed by atoms with Crippen molar-refractivity contribution in [3.63, 3.8) is 0 Å². The van der Waals surface area contributed by atoms with E-state index in [2.05, 4.69) is 10.4 Å². The molecule has 4 bridgehead atoms. The molecule has 5 rings (SSSR count). The Morgan fingerprint density at radius 3 is 2.00 bits per heavy atom. The lowest BCUT2D eigenvalue weighted by molar-refractivity contribution is -0.0836. The van der Waals surface area contributed by atoms with E-state index in [1.54, 1.807) is 0 Å². The number of nitrogens with one attached hydrogen (secondary N) is 1. The molecular formula is C16H29N3. The minimum absolute atomic E-state index is 0.541. The van der Waals surface area contributed by atoms with Crippen molar-refractivity contribution in [1.82, 2.24) is 10.4 Å². The van der Waals surface area contributed by atoms with Crippen LogP contribution in [0.5, 0.6) is 0 Å². The second-order valence-corrected chi connectivity index (χ2v) is 7.89. The smallest absolute Gasteiger partial charge is 0.0394 e. The predicted molar refractivity (Wildman–Crippen MR) is 77.4 cm³/mol. The molecule has 0 aromatic rings. The third-order valence-electron chi connectivity index (χ3n) is 6.50. The fraction of sp³-hybridized carbons (Fsp3) is 1.00. The summed E-state index contributed by atoms with van der Waals surface area (Å²) in [5.74, 6) is 3.09. The maximum Gasteiger partial charge on any atom is 0.0394 e. The molecule has 1 heterocycles. The Morgan fingerprint density at radius 2 is 1.53 bits per heavy atom. The molecule has 5 aliphatic rings. The van der Waals surface area contributed by atoms with Crippen LogP contribution in [0.25, 0.3) is 0 Å². The summed E-state index contributed by atoms with van der Waals surface area (Å²) in [6.45, 7) is 3.27. The van der Waals surface area contributed by atoms with Gasteiger partial charge in [0.1, 0.15) is 0 Å².